The number of ketones is 1. The van der Waals surface area contributed by atoms with Gasteiger partial charge in [-0.15, -0.1) is 0 Å². The van der Waals surface area contributed by atoms with Crippen molar-refractivity contribution in [3.63, 3.8) is 0 Å². The number of Topliss-reactive ketones (excluding diaryl/α,β-unsaturated/α-hetero) is 1. The van der Waals surface area contributed by atoms with Crippen LogP contribution in [0.4, 0.5) is 5.69 Å². The summed E-state index contributed by atoms with van der Waals surface area (Å²) in [6.45, 7) is 0.00125. The van der Waals surface area contributed by atoms with Gasteiger partial charge < -0.3 is 9.15 Å². The standard InChI is InChI=1S/C16H13NO6/c18-14(15-4-2-9-22-15)11-16(19)23-10-1-3-12-5-7-13(8-6-12)17(20)21/h1-9H,10-11H2/b3-1+. The molecule has 0 aliphatic rings. The number of rotatable bonds is 7. The molecule has 2 aromatic rings. The minimum atomic E-state index is -0.653. The first kappa shape index (κ1) is 16.2. The zero-order chi connectivity index (χ0) is 16.7. The molecule has 0 aliphatic carbocycles. The number of nitro groups is 1. The van der Waals surface area contributed by atoms with Gasteiger partial charge in [-0.05, 0) is 35.9 Å². The fraction of sp³-hybridized carbons (Fsp3) is 0.125. The molecular formula is C16H13NO6. The van der Waals surface area contributed by atoms with Gasteiger partial charge in [0.05, 0.1) is 11.2 Å². The number of nitrogens with zero attached hydrogens (tertiary/aromatic N) is 1. The van der Waals surface area contributed by atoms with Crippen molar-refractivity contribution < 1.29 is 23.7 Å². The van der Waals surface area contributed by atoms with E-state index in [1.54, 1.807) is 30.4 Å². The van der Waals surface area contributed by atoms with Crippen molar-refractivity contribution in [1.82, 2.24) is 0 Å². The molecule has 0 saturated heterocycles. The maximum atomic E-state index is 11.6. The number of carbonyl (C=O) groups is 2. The number of benzene rings is 1. The van der Waals surface area contributed by atoms with Crippen LogP contribution in [0.1, 0.15) is 22.5 Å². The summed E-state index contributed by atoms with van der Waals surface area (Å²) in [6.07, 6.45) is 4.20. The van der Waals surface area contributed by atoms with E-state index in [0.29, 0.717) is 0 Å². The monoisotopic (exact) mass is 315 g/mol. The molecule has 0 bridgehead atoms. The summed E-state index contributed by atoms with van der Waals surface area (Å²) >= 11 is 0. The Kier molecular flexibility index (Phi) is 5.40. The van der Waals surface area contributed by atoms with E-state index in [1.165, 1.54) is 24.5 Å². The van der Waals surface area contributed by atoms with E-state index in [-0.39, 0.29) is 24.5 Å². The van der Waals surface area contributed by atoms with Gasteiger partial charge in [-0.25, -0.2) is 0 Å². The first-order valence-electron chi connectivity index (χ1n) is 6.69. The van der Waals surface area contributed by atoms with E-state index in [4.69, 9.17) is 9.15 Å². The van der Waals surface area contributed by atoms with Crippen molar-refractivity contribution in [3.8, 4) is 0 Å². The highest BCUT2D eigenvalue weighted by atomic mass is 16.6. The molecule has 0 unspecified atom stereocenters. The number of ether oxygens (including phenoxy) is 1. The molecule has 23 heavy (non-hydrogen) atoms. The van der Waals surface area contributed by atoms with Crippen LogP contribution in [-0.2, 0) is 9.53 Å². The van der Waals surface area contributed by atoms with Gasteiger partial charge in [0.15, 0.2) is 5.76 Å². The van der Waals surface area contributed by atoms with Crippen LogP contribution in [0.2, 0.25) is 0 Å². The highest BCUT2D eigenvalue weighted by molar-refractivity contribution is 6.04. The van der Waals surface area contributed by atoms with Gasteiger partial charge >= 0.3 is 5.97 Å². The SMILES string of the molecule is O=C(CC(=O)c1ccco1)OC/C=C/c1ccc([N+](=O)[O-])cc1. The van der Waals surface area contributed by atoms with E-state index < -0.39 is 16.7 Å². The second-order valence-electron chi connectivity index (χ2n) is 4.51. The van der Waals surface area contributed by atoms with Gasteiger partial charge in [0, 0.05) is 12.1 Å². The lowest BCUT2D eigenvalue weighted by Crippen LogP contribution is -2.11. The predicted molar refractivity (Wildman–Crippen MR) is 80.7 cm³/mol. The lowest BCUT2D eigenvalue weighted by atomic mass is 10.2. The number of nitro benzene ring substituents is 1. The van der Waals surface area contributed by atoms with Crippen LogP contribution >= 0.6 is 0 Å². The molecule has 0 N–H and O–H groups in total. The van der Waals surface area contributed by atoms with Crippen molar-refractivity contribution in [3.05, 3.63) is 70.2 Å². The quantitative estimate of drug-likeness (QED) is 0.256. The summed E-state index contributed by atoms with van der Waals surface area (Å²) in [6, 6.07) is 8.96. The van der Waals surface area contributed by atoms with Crippen molar-refractivity contribution in [2.45, 2.75) is 6.42 Å². The number of esters is 1. The van der Waals surface area contributed by atoms with Crippen molar-refractivity contribution in [1.29, 1.82) is 0 Å². The van der Waals surface area contributed by atoms with Crippen LogP contribution in [0.25, 0.3) is 6.08 Å². The summed E-state index contributed by atoms with van der Waals surface area (Å²) in [7, 11) is 0. The maximum absolute atomic E-state index is 11.6. The second kappa shape index (κ2) is 7.69. The molecule has 2 rings (SSSR count). The van der Waals surface area contributed by atoms with Gasteiger partial charge in [0.25, 0.3) is 5.69 Å². The van der Waals surface area contributed by atoms with Crippen molar-refractivity contribution >= 4 is 23.5 Å². The molecule has 0 atom stereocenters. The Bertz CT molecular complexity index is 716. The first-order chi connectivity index (χ1) is 11.1. The Morgan fingerprint density at radius 1 is 1.22 bits per heavy atom. The molecule has 0 aliphatic heterocycles. The topological polar surface area (TPSA) is 99.7 Å². The van der Waals surface area contributed by atoms with Crippen LogP contribution in [-0.4, -0.2) is 23.3 Å². The second-order valence-corrected chi connectivity index (χ2v) is 4.51. The third-order valence-electron chi connectivity index (χ3n) is 2.86. The Morgan fingerprint density at radius 2 is 1.96 bits per heavy atom. The number of carbonyl (C=O) groups excluding carboxylic acids is 2. The normalized spacial score (nSPS) is 10.6. The maximum Gasteiger partial charge on any atom is 0.314 e. The van der Waals surface area contributed by atoms with Gasteiger partial charge in [-0.1, -0.05) is 6.08 Å². The Hall–Kier alpha value is -3.22. The predicted octanol–water partition coefficient (Wildman–Crippen LogP) is 3.02. The van der Waals surface area contributed by atoms with Gasteiger partial charge in [-0.2, -0.15) is 0 Å². The molecule has 1 aromatic carbocycles. The van der Waals surface area contributed by atoms with E-state index >= 15 is 0 Å². The highest BCUT2D eigenvalue weighted by Crippen LogP contribution is 2.12. The van der Waals surface area contributed by atoms with Crippen LogP contribution in [0.3, 0.4) is 0 Å². The highest BCUT2D eigenvalue weighted by Gasteiger charge is 2.14. The van der Waals surface area contributed by atoms with E-state index in [1.807, 2.05) is 0 Å². The van der Waals surface area contributed by atoms with E-state index in [0.717, 1.165) is 5.56 Å². The van der Waals surface area contributed by atoms with Crippen LogP contribution in [0.15, 0.2) is 53.2 Å². The fourth-order valence-electron chi connectivity index (χ4n) is 1.74. The fourth-order valence-corrected chi connectivity index (χ4v) is 1.74. The molecule has 0 amide bonds. The van der Waals surface area contributed by atoms with Gasteiger partial charge in [-0.3, -0.25) is 19.7 Å². The number of furan rings is 1. The molecule has 7 heteroatoms. The van der Waals surface area contributed by atoms with Gasteiger partial charge in [0.1, 0.15) is 13.0 Å². The summed E-state index contributed by atoms with van der Waals surface area (Å²) in [5.41, 5.74) is 0.739. The van der Waals surface area contributed by atoms with Crippen molar-refractivity contribution in [2.24, 2.45) is 0 Å². The zero-order valence-electron chi connectivity index (χ0n) is 12.0. The van der Waals surface area contributed by atoms with Crippen LogP contribution in [0, 0.1) is 10.1 Å². The minimum absolute atomic E-state index is 0.00125. The third-order valence-corrected chi connectivity index (χ3v) is 2.86. The van der Waals surface area contributed by atoms with E-state index in [9.17, 15) is 19.7 Å². The molecule has 0 radical (unpaired) electrons. The number of hydrogen-bond acceptors (Lipinski definition) is 6. The Labute approximate surface area is 131 Å². The largest absolute Gasteiger partial charge is 0.461 e. The third kappa shape index (κ3) is 4.92. The van der Waals surface area contributed by atoms with Crippen LogP contribution < -0.4 is 0 Å². The lowest BCUT2D eigenvalue weighted by molar-refractivity contribution is -0.384. The lowest BCUT2D eigenvalue weighted by Gasteiger charge is -2.00. The average molecular weight is 315 g/mol. The molecule has 0 spiro atoms. The minimum Gasteiger partial charge on any atom is -0.461 e. The van der Waals surface area contributed by atoms with Crippen molar-refractivity contribution in [2.75, 3.05) is 6.61 Å². The molecule has 1 heterocycles. The Balaban J connectivity index is 1.76. The molecule has 0 fully saturated rings. The molecule has 0 saturated carbocycles. The molecule has 7 nitrogen and oxygen atoms in total. The number of hydrogen-bond donors (Lipinski definition) is 0. The van der Waals surface area contributed by atoms with Gasteiger partial charge in [0.2, 0.25) is 5.78 Å². The average Bonchev–Trinajstić information content (AvgIpc) is 3.06. The summed E-state index contributed by atoms with van der Waals surface area (Å²) in [5, 5.41) is 10.5. The molecule has 118 valence electrons. The number of non-ortho nitro benzene ring substituents is 1. The van der Waals surface area contributed by atoms with Crippen LogP contribution in [0.5, 0.6) is 0 Å². The summed E-state index contributed by atoms with van der Waals surface area (Å²) in [5.74, 6) is -0.984. The smallest absolute Gasteiger partial charge is 0.314 e. The summed E-state index contributed by atoms with van der Waals surface area (Å²) in [4.78, 5) is 33.1. The van der Waals surface area contributed by atoms with E-state index in [2.05, 4.69) is 0 Å². The summed E-state index contributed by atoms with van der Waals surface area (Å²) < 4.78 is 9.78. The first-order valence-corrected chi connectivity index (χ1v) is 6.69. The molecular weight excluding hydrogens is 302 g/mol. The zero-order valence-corrected chi connectivity index (χ0v) is 12.0. The Morgan fingerprint density at radius 3 is 2.57 bits per heavy atom. The molecule has 1 aromatic heterocycles.